The van der Waals surface area contributed by atoms with Crippen molar-refractivity contribution in [3.63, 3.8) is 0 Å². The Morgan fingerprint density at radius 1 is 1.25 bits per heavy atom. The lowest BCUT2D eigenvalue weighted by Gasteiger charge is -2.23. The van der Waals surface area contributed by atoms with Crippen LogP contribution in [0.2, 0.25) is 0 Å². The molecule has 0 fully saturated rings. The summed E-state index contributed by atoms with van der Waals surface area (Å²) in [5, 5.41) is 10.4. The van der Waals surface area contributed by atoms with Crippen molar-refractivity contribution in [2.45, 2.75) is 13.0 Å². The number of halogens is 2. The molecule has 12 heteroatoms. The van der Waals surface area contributed by atoms with Crippen molar-refractivity contribution in [3.8, 4) is 11.5 Å². The van der Waals surface area contributed by atoms with E-state index in [-0.39, 0.29) is 48.3 Å². The Labute approximate surface area is 214 Å². The maximum atomic E-state index is 14.0. The summed E-state index contributed by atoms with van der Waals surface area (Å²) in [6.07, 6.45) is 0. The number of esters is 1. The fourth-order valence-electron chi connectivity index (χ4n) is 4.13. The summed E-state index contributed by atoms with van der Waals surface area (Å²) in [6.45, 7) is 1.59. The number of benzene rings is 2. The number of carbonyl (C=O) groups excluding carboxylic acids is 2. The molecule has 4 aromatic rings. The van der Waals surface area contributed by atoms with E-state index in [0.29, 0.717) is 11.3 Å². The molecule has 0 spiro atoms. The number of hydrogen-bond donors (Lipinski definition) is 1. The number of ether oxygens (including phenoxy) is 2. The summed E-state index contributed by atoms with van der Waals surface area (Å²) in [6, 6.07) is 5.35. The van der Waals surface area contributed by atoms with Crippen molar-refractivity contribution in [1.82, 2.24) is 4.98 Å². The molecule has 1 unspecified atom stereocenters. The first-order chi connectivity index (χ1) is 17.2. The molecule has 3 heterocycles. The Kier molecular flexibility index (Phi) is 5.80. The molecule has 9 nitrogen and oxygen atoms in total. The largest absolute Gasteiger partial charge is 0.503 e. The standard InChI is InChI=1S/C24H16BrFN2O7S/c1-9-21(23(32)34-3)36-24(27-9)28-17(10-6-13(25)19(30)15(7-10)33-2)16-18(29)12-8-11(26)4-5-14(12)35-20(16)22(28)31/h4-8,17,30H,1-3H3. The Hall–Kier alpha value is -3.77. The maximum Gasteiger partial charge on any atom is 0.350 e. The average Bonchev–Trinajstić information content (AvgIpc) is 3.38. The highest BCUT2D eigenvalue weighted by Crippen LogP contribution is 2.46. The molecule has 5 rings (SSSR count). The molecule has 1 aliphatic heterocycles. The van der Waals surface area contributed by atoms with Crippen molar-refractivity contribution >= 4 is 55.2 Å². The van der Waals surface area contributed by atoms with Gasteiger partial charge in [-0.1, -0.05) is 11.3 Å². The van der Waals surface area contributed by atoms with Gasteiger partial charge in [-0.15, -0.1) is 0 Å². The molecule has 1 atom stereocenters. The molecule has 1 N–H and O–H groups in total. The molecule has 1 aliphatic rings. The lowest BCUT2D eigenvalue weighted by molar-refractivity contribution is 0.0605. The number of aryl methyl sites for hydroxylation is 1. The van der Waals surface area contributed by atoms with E-state index in [1.54, 1.807) is 6.92 Å². The number of carbonyl (C=O) groups is 2. The number of hydrogen-bond acceptors (Lipinski definition) is 9. The highest BCUT2D eigenvalue weighted by Gasteiger charge is 2.45. The molecule has 36 heavy (non-hydrogen) atoms. The Morgan fingerprint density at radius 2 is 2.00 bits per heavy atom. The summed E-state index contributed by atoms with van der Waals surface area (Å²) in [5.74, 6) is -2.27. The van der Waals surface area contributed by atoms with Gasteiger partial charge in [-0.05, 0) is 58.7 Å². The van der Waals surface area contributed by atoms with Gasteiger partial charge < -0.3 is 19.0 Å². The molecular formula is C24H16BrFN2O7S. The highest BCUT2D eigenvalue weighted by atomic mass is 79.9. The second-order valence-corrected chi connectivity index (χ2v) is 9.68. The van der Waals surface area contributed by atoms with Gasteiger partial charge in [0.05, 0.1) is 41.4 Å². The van der Waals surface area contributed by atoms with Crippen molar-refractivity contribution in [2.75, 3.05) is 19.1 Å². The number of phenols is 1. The molecule has 2 aromatic heterocycles. The first kappa shape index (κ1) is 23.9. The van der Waals surface area contributed by atoms with Crippen LogP contribution in [0.15, 0.2) is 44.0 Å². The monoisotopic (exact) mass is 574 g/mol. The van der Waals surface area contributed by atoms with E-state index in [2.05, 4.69) is 20.9 Å². The van der Waals surface area contributed by atoms with Gasteiger partial charge in [0, 0.05) is 0 Å². The van der Waals surface area contributed by atoms with E-state index >= 15 is 0 Å². The number of aromatic nitrogens is 1. The maximum absolute atomic E-state index is 14.0. The fourth-order valence-corrected chi connectivity index (χ4v) is 5.60. The topological polar surface area (TPSA) is 119 Å². The second-order valence-electron chi connectivity index (χ2n) is 7.85. The molecular weight excluding hydrogens is 559 g/mol. The Morgan fingerprint density at radius 3 is 2.69 bits per heavy atom. The zero-order chi connectivity index (χ0) is 25.9. The molecule has 0 saturated heterocycles. The van der Waals surface area contributed by atoms with Crippen LogP contribution in [-0.2, 0) is 4.74 Å². The van der Waals surface area contributed by atoms with Crippen molar-refractivity contribution in [3.05, 3.63) is 78.3 Å². The first-order valence-corrected chi connectivity index (χ1v) is 12.0. The second kappa shape index (κ2) is 8.71. The minimum atomic E-state index is -1.08. The van der Waals surface area contributed by atoms with Gasteiger partial charge in [0.2, 0.25) is 5.76 Å². The van der Waals surface area contributed by atoms with E-state index in [1.807, 2.05) is 0 Å². The van der Waals surface area contributed by atoms with Crippen LogP contribution >= 0.6 is 27.3 Å². The van der Waals surface area contributed by atoms with Crippen LogP contribution in [0.3, 0.4) is 0 Å². The number of amides is 1. The van der Waals surface area contributed by atoms with Crippen LogP contribution in [0, 0.1) is 12.7 Å². The van der Waals surface area contributed by atoms with Crippen LogP contribution < -0.4 is 15.1 Å². The quantitative estimate of drug-likeness (QED) is 0.348. The molecule has 0 radical (unpaired) electrons. The lowest BCUT2D eigenvalue weighted by atomic mass is 9.98. The molecule has 2 aromatic carbocycles. The van der Waals surface area contributed by atoms with Crippen molar-refractivity contribution in [2.24, 2.45) is 0 Å². The smallest absolute Gasteiger partial charge is 0.350 e. The summed E-state index contributed by atoms with van der Waals surface area (Å²) in [7, 11) is 2.59. The van der Waals surface area contributed by atoms with Gasteiger partial charge in [-0.25, -0.2) is 14.2 Å². The summed E-state index contributed by atoms with van der Waals surface area (Å²) in [4.78, 5) is 45.3. The predicted octanol–water partition coefficient (Wildman–Crippen LogP) is 4.71. The number of anilines is 1. The van der Waals surface area contributed by atoms with Crippen molar-refractivity contribution < 1.29 is 33.0 Å². The number of fused-ring (bicyclic) bond motifs is 2. The van der Waals surface area contributed by atoms with E-state index in [1.165, 1.54) is 37.3 Å². The molecule has 0 aliphatic carbocycles. The van der Waals surface area contributed by atoms with Gasteiger partial charge in [-0.2, -0.15) is 0 Å². The van der Waals surface area contributed by atoms with Crippen LogP contribution in [0.4, 0.5) is 9.52 Å². The number of rotatable bonds is 4. The third-order valence-corrected chi connectivity index (χ3v) is 7.52. The number of phenolic OH excluding ortho intramolecular Hbond substituents is 1. The van der Waals surface area contributed by atoms with Gasteiger partial charge in [-0.3, -0.25) is 14.5 Å². The first-order valence-electron chi connectivity index (χ1n) is 10.4. The minimum absolute atomic E-state index is 0.0368. The molecule has 1 amide bonds. The third-order valence-electron chi connectivity index (χ3n) is 5.78. The summed E-state index contributed by atoms with van der Waals surface area (Å²) >= 11 is 4.18. The third kappa shape index (κ3) is 3.56. The van der Waals surface area contributed by atoms with Gasteiger partial charge in [0.1, 0.15) is 16.3 Å². The summed E-state index contributed by atoms with van der Waals surface area (Å²) in [5.41, 5.74) is 0.116. The van der Waals surface area contributed by atoms with Crippen LogP contribution in [0.1, 0.15) is 43.1 Å². The van der Waals surface area contributed by atoms with Crippen LogP contribution in [0.25, 0.3) is 11.0 Å². The SMILES string of the molecule is COC(=O)c1sc(N2C(=O)c3oc4ccc(F)cc4c(=O)c3C2c2cc(Br)c(O)c(OC)c2)nc1C. The highest BCUT2D eigenvalue weighted by molar-refractivity contribution is 9.10. The van der Waals surface area contributed by atoms with E-state index in [0.717, 1.165) is 23.5 Å². The van der Waals surface area contributed by atoms with Crippen molar-refractivity contribution in [1.29, 1.82) is 0 Å². The zero-order valence-electron chi connectivity index (χ0n) is 18.9. The van der Waals surface area contributed by atoms with Crippen LogP contribution in [0.5, 0.6) is 11.5 Å². The Balaban J connectivity index is 1.82. The summed E-state index contributed by atoms with van der Waals surface area (Å²) < 4.78 is 30.1. The predicted molar refractivity (Wildman–Crippen MR) is 132 cm³/mol. The lowest BCUT2D eigenvalue weighted by Crippen LogP contribution is -2.29. The molecule has 0 bridgehead atoms. The number of methoxy groups -OCH3 is 2. The number of nitrogens with zero attached hydrogens (tertiary/aromatic N) is 2. The van der Waals surface area contributed by atoms with E-state index < -0.39 is 29.2 Å². The number of aromatic hydroxyl groups is 1. The normalized spacial score (nSPS) is 14.9. The fraction of sp³-hybridized carbons (Fsp3) is 0.167. The Bertz CT molecular complexity index is 1650. The van der Waals surface area contributed by atoms with E-state index in [9.17, 15) is 23.9 Å². The minimum Gasteiger partial charge on any atom is -0.503 e. The molecule has 0 saturated carbocycles. The van der Waals surface area contributed by atoms with E-state index in [4.69, 9.17) is 13.9 Å². The average molecular weight is 575 g/mol. The van der Waals surface area contributed by atoms with Gasteiger partial charge >= 0.3 is 5.97 Å². The van der Waals surface area contributed by atoms with Gasteiger partial charge in [0.25, 0.3) is 5.91 Å². The zero-order valence-corrected chi connectivity index (χ0v) is 21.3. The number of thiazole rings is 1. The van der Waals surface area contributed by atoms with Crippen LogP contribution in [-0.4, -0.2) is 36.2 Å². The molecule has 184 valence electrons. The van der Waals surface area contributed by atoms with Gasteiger partial charge in [0.15, 0.2) is 22.1 Å².